The smallest absolute Gasteiger partial charge is 0.328 e. The number of esters is 1. The minimum atomic E-state index is -0.771. The van der Waals surface area contributed by atoms with E-state index in [1.54, 1.807) is 12.1 Å². The van der Waals surface area contributed by atoms with Crippen LogP contribution in [0.5, 0.6) is 0 Å². The Morgan fingerprint density at radius 1 is 1.11 bits per heavy atom. The normalized spacial score (nSPS) is 13.8. The van der Waals surface area contributed by atoms with Gasteiger partial charge in [0.1, 0.15) is 6.54 Å². The molecule has 1 saturated heterocycles. The maximum absolute atomic E-state index is 11.9. The fraction of sp³-hybridized carbons (Fsp3) is 0.333. The molecule has 148 valence electrons. The average Bonchev–Trinajstić information content (AvgIpc) is 2.70. The molecule has 0 unspecified atom stereocenters. The number of aromatic amines is 1. The fourth-order valence-electron chi connectivity index (χ4n) is 2.67. The van der Waals surface area contributed by atoms with E-state index in [1.165, 1.54) is 6.20 Å². The predicted molar refractivity (Wildman–Crippen MR) is 100 cm³/mol. The molecule has 0 aliphatic carbocycles. The van der Waals surface area contributed by atoms with Gasteiger partial charge in [0.25, 0.3) is 11.5 Å². The van der Waals surface area contributed by atoms with Crippen LogP contribution in [0, 0.1) is 0 Å². The molecule has 0 bridgehead atoms. The summed E-state index contributed by atoms with van der Waals surface area (Å²) in [5, 5.41) is 2.63. The number of nitrogens with zero attached hydrogens (tertiary/aromatic N) is 2. The Hall–Kier alpha value is -3.40. The third kappa shape index (κ3) is 5.30. The van der Waals surface area contributed by atoms with Gasteiger partial charge in [0.2, 0.25) is 0 Å². The summed E-state index contributed by atoms with van der Waals surface area (Å²) in [5.74, 6) is -1.27. The van der Waals surface area contributed by atoms with E-state index in [0.717, 1.165) is 29.4 Å². The van der Waals surface area contributed by atoms with Gasteiger partial charge in [-0.3, -0.25) is 23.9 Å². The zero-order chi connectivity index (χ0) is 19.9. The van der Waals surface area contributed by atoms with Crippen LogP contribution in [-0.4, -0.2) is 54.3 Å². The second kappa shape index (κ2) is 9.00. The number of benzene rings is 1. The topological polar surface area (TPSA) is 123 Å². The van der Waals surface area contributed by atoms with E-state index in [4.69, 9.17) is 9.47 Å². The summed E-state index contributed by atoms with van der Waals surface area (Å²) in [6, 6.07) is 8.45. The van der Waals surface area contributed by atoms with Gasteiger partial charge < -0.3 is 19.7 Å². The van der Waals surface area contributed by atoms with Gasteiger partial charge in [-0.05, 0) is 24.3 Å². The molecule has 0 radical (unpaired) electrons. The second-order valence-corrected chi connectivity index (χ2v) is 6.09. The van der Waals surface area contributed by atoms with E-state index < -0.39 is 36.3 Å². The van der Waals surface area contributed by atoms with Crippen molar-refractivity contribution >= 4 is 23.3 Å². The lowest BCUT2D eigenvalue weighted by Gasteiger charge is -2.28. The molecule has 0 saturated carbocycles. The van der Waals surface area contributed by atoms with Gasteiger partial charge in [-0.2, -0.15) is 0 Å². The van der Waals surface area contributed by atoms with Crippen molar-refractivity contribution in [3.8, 4) is 0 Å². The molecule has 1 aliphatic rings. The molecule has 1 aromatic heterocycles. The van der Waals surface area contributed by atoms with Crippen LogP contribution in [0.2, 0.25) is 0 Å². The number of carbonyl (C=O) groups is 2. The highest BCUT2D eigenvalue weighted by molar-refractivity contribution is 5.92. The number of amides is 1. The summed E-state index contributed by atoms with van der Waals surface area (Å²) in [7, 11) is 0. The molecule has 2 N–H and O–H groups in total. The van der Waals surface area contributed by atoms with Crippen LogP contribution >= 0.6 is 0 Å². The Balaban J connectivity index is 1.46. The minimum absolute atomic E-state index is 0.406. The molecular formula is C18H20N4O6. The Kier molecular flexibility index (Phi) is 6.22. The van der Waals surface area contributed by atoms with Gasteiger partial charge >= 0.3 is 11.7 Å². The van der Waals surface area contributed by atoms with E-state index >= 15 is 0 Å². The number of aromatic nitrogens is 2. The van der Waals surface area contributed by atoms with Crippen molar-refractivity contribution in [2.45, 2.75) is 6.54 Å². The average molecular weight is 388 g/mol. The molecule has 1 amide bonds. The highest BCUT2D eigenvalue weighted by Gasteiger charge is 2.12. The van der Waals surface area contributed by atoms with Crippen LogP contribution < -0.4 is 21.5 Å². The van der Waals surface area contributed by atoms with E-state index in [0.29, 0.717) is 18.9 Å². The molecule has 1 fully saturated rings. The first-order valence-corrected chi connectivity index (χ1v) is 8.69. The maximum Gasteiger partial charge on any atom is 0.328 e. The van der Waals surface area contributed by atoms with Gasteiger partial charge in [0.15, 0.2) is 6.61 Å². The van der Waals surface area contributed by atoms with Gasteiger partial charge in [-0.1, -0.05) is 0 Å². The highest BCUT2D eigenvalue weighted by Crippen LogP contribution is 2.18. The zero-order valence-corrected chi connectivity index (χ0v) is 15.1. The highest BCUT2D eigenvalue weighted by atomic mass is 16.5. The van der Waals surface area contributed by atoms with E-state index in [2.05, 4.69) is 10.2 Å². The molecule has 0 spiro atoms. The summed E-state index contributed by atoms with van der Waals surface area (Å²) in [5.41, 5.74) is 0.330. The van der Waals surface area contributed by atoms with Crippen LogP contribution in [0.1, 0.15) is 0 Å². The zero-order valence-electron chi connectivity index (χ0n) is 15.1. The molecule has 10 heteroatoms. The lowest BCUT2D eigenvalue weighted by Crippen LogP contribution is -2.36. The fourth-order valence-corrected chi connectivity index (χ4v) is 2.67. The molecular weight excluding hydrogens is 368 g/mol. The molecule has 1 aromatic carbocycles. The number of anilines is 2. The Morgan fingerprint density at radius 2 is 1.82 bits per heavy atom. The summed E-state index contributed by atoms with van der Waals surface area (Å²) < 4.78 is 11.2. The van der Waals surface area contributed by atoms with Crippen LogP contribution in [0.4, 0.5) is 11.4 Å². The van der Waals surface area contributed by atoms with Crippen molar-refractivity contribution < 1.29 is 19.1 Å². The number of hydrogen-bond acceptors (Lipinski definition) is 7. The number of ether oxygens (including phenoxy) is 2. The lowest BCUT2D eigenvalue weighted by molar-refractivity contribution is -0.148. The number of nitrogens with one attached hydrogen (secondary N) is 2. The van der Waals surface area contributed by atoms with Gasteiger partial charge in [0, 0.05) is 36.7 Å². The van der Waals surface area contributed by atoms with Crippen molar-refractivity contribution in [3.05, 3.63) is 57.4 Å². The number of carbonyl (C=O) groups excluding carboxylic acids is 2. The monoisotopic (exact) mass is 388 g/mol. The third-order valence-corrected chi connectivity index (χ3v) is 4.09. The van der Waals surface area contributed by atoms with Crippen molar-refractivity contribution in [1.29, 1.82) is 0 Å². The summed E-state index contributed by atoms with van der Waals surface area (Å²) in [6.45, 7) is 2.13. The molecule has 3 rings (SSSR count). The maximum atomic E-state index is 11.9. The first-order chi connectivity index (χ1) is 13.5. The number of H-pyrrole nitrogens is 1. The lowest BCUT2D eigenvalue weighted by atomic mass is 10.2. The Labute approximate surface area is 159 Å². The van der Waals surface area contributed by atoms with Crippen LogP contribution in [-0.2, 0) is 25.6 Å². The van der Waals surface area contributed by atoms with Crippen molar-refractivity contribution in [1.82, 2.24) is 9.55 Å². The van der Waals surface area contributed by atoms with Crippen molar-refractivity contribution in [2.24, 2.45) is 0 Å². The molecule has 2 heterocycles. The standard InChI is InChI=1S/C18H20N4O6/c23-15-5-6-22(18(26)20-15)11-17(25)28-12-16(24)19-13-1-3-14(4-2-13)21-7-9-27-10-8-21/h1-6H,7-12H2,(H,19,24)(H,20,23,26). The SMILES string of the molecule is O=C(COC(=O)Cn1ccc(=O)[nH]c1=O)Nc1ccc(N2CCOCC2)cc1. The summed E-state index contributed by atoms with van der Waals surface area (Å²) in [4.78, 5) is 50.4. The summed E-state index contributed by atoms with van der Waals surface area (Å²) >= 11 is 0. The minimum Gasteiger partial charge on any atom is -0.454 e. The first-order valence-electron chi connectivity index (χ1n) is 8.69. The quantitative estimate of drug-likeness (QED) is 0.643. The largest absolute Gasteiger partial charge is 0.454 e. The third-order valence-electron chi connectivity index (χ3n) is 4.09. The van der Waals surface area contributed by atoms with Crippen molar-refractivity contribution in [3.63, 3.8) is 0 Å². The molecule has 0 atom stereocenters. The van der Waals surface area contributed by atoms with Crippen LogP contribution in [0.3, 0.4) is 0 Å². The Morgan fingerprint density at radius 3 is 2.50 bits per heavy atom. The van der Waals surface area contributed by atoms with Gasteiger partial charge in [0.05, 0.1) is 13.2 Å². The second-order valence-electron chi connectivity index (χ2n) is 6.09. The number of rotatable bonds is 6. The van der Waals surface area contributed by atoms with E-state index in [-0.39, 0.29) is 0 Å². The molecule has 28 heavy (non-hydrogen) atoms. The van der Waals surface area contributed by atoms with Crippen molar-refractivity contribution in [2.75, 3.05) is 43.1 Å². The van der Waals surface area contributed by atoms with Crippen LogP contribution in [0.25, 0.3) is 0 Å². The predicted octanol–water partition coefficient (Wildman–Crippen LogP) is -0.445. The van der Waals surface area contributed by atoms with Crippen LogP contribution in [0.15, 0.2) is 46.1 Å². The molecule has 1 aliphatic heterocycles. The number of hydrogen-bond donors (Lipinski definition) is 2. The molecule has 10 nitrogen and oxygen atoms in total. The molecule has 2 aromatic rings. The Bertz CT molecular complexity index is 944. The first kappa shape index (κ1) is 19.4. The van der Waals surface area contributed by atoms with E-state index in [9.17, 15) is 19.2 Å². The summed E-state index contributed by atoms with van der Waals surface area (Å²) in [6.07, 6.45) is 1.18. The van der Waals surface area contributed by atoms with Gasteiger partial charge in [-0.15, -0.1) is 0 Å². The van der Waals surface area contributed by atoms with Gasteiger partial charge in [-0.25, -0.2) is 4.79 Å². The number of morpholine rings is 1. The van der Waals surface area contributed by atoms with E-state index in [1.807, 2.05) is 17.1 Å².